The van der Waals surface area contributed by atoms with Crippen molar-refractivity contribution in [3.8, 4) is 11.5 Å². The average molecular weight is 540 g/mol. The summed E-state index contributed by atoms with van der Waals surface area (Å²) in [4.78, 5) is 36.9. The lowest BCUT2D eigenvalue weighted by molar-refractivity contribution is -0.113. The van der Waals surface area contributed by atoms with Gasteiger partial charge in [0.05, 0.1) is 38.7 Å². The van der Waals surface area contributed by atoms with Gasteiger partial charge in [-0.05, 0) is 49.4 Å². The molecule has 0 bridgehead atoms. The molecular weight excluding hydrogens is 510 g/mol. The Morgan fingerprint density at radius 2 is 1.74 bits per heavy atom. The predicted octanol–water partition coefficient (Wildman–Crippen LogP) is 3.32. The van der Waals surface area contributed by atoms with Gasteiger partial charge in [-0.1, -0.05) is 17.8 Å². The highest BCUT2D eigenvalue weighted by atomic mass is 32.2. The fourth-order valence-corrected chi connectivity index (χ4v) is 4.11. The minimum atomic E-state index is -0.418. The van der Waals surface area contributed by atoms with Gasteiger partial charge in [-0.3, -0.25) is 9.59 Å². The highest BCUT2D eigenvalue weighted by Crippen LogP contribution is 2.27. The van der Waals surface area contributed by atoms with E-state index < -0.39 is 5.97 Å². The Hall–Kier alpha value is -4.32. The fraction of sp³-hybridized carbons (Fsp3) is 0.269. The average Bonchev–Trinajstić information content (AvgIpc) is 3.32. The molecule has 12 heteroatoms. The zero-order chi connectivity index (χ0) is 27.5. The van der Waals surface area contributed by atoms with Crippen LogP contribution in [0.25, 0.3) is 0 Å². The molecule has 2 aromatic carbocycles. The first-order valence-corrected chi connectivity index (χ1v) is 12.6. The van der Waals surface area contributed by atoms with Crippen LogP contribution in [0.1, 0.15) is 33.5 Å². The molecule has 2 N–H and O–H groups in total. The summed E-state index contributed by atoms with van der Waals surface area (Å²) in [6.45, 7) is 6.31. The highest BCUT2D eigenvalue weighted by Gasteiger charge is 2.16. The second-order valence-corrected chi connectivity index (χ2v) is 8.63. The standard InChI is InChI=1S/C26H29N5O6S/c1-5-13-31-22(15-27-24(33)18-9-12-20(35-3)21(14-18)36-4)29-30-26(31)38-16-23(32)28-19-10-7-17(8-11-19)25(34)37-6-2/h5,7-12,14H,1,6,13,15-16H2,2-4H3,(H,27,33)(H,28,32). The third-order valence-corrected chi connectivity index (χ3v) is 6.14. The molecule has 0 saturated heterocycles. The van der Waals surface area contributed by atoms with Crippen LogP contribution in [0.2, 0.25) is 0 Å². The molecule has 0 atom stereocenters. The van der Waals surface area contributed by atoms with Gasteiger partial charge >= 0.3 is 5.97 Å². The molecule has 0 radical (unpaired) electrons. The summed E-state index contributed by atoms with van der Waals surface area (Å²) in [6.07, 6.45) is 1.68. The quantitative estimate of drug-likeness (QED) is 0.191. The van der Waals surface area contributed by atoms with Crippen molar-refractivity contribution in [3.63, 3.8) is 0 Å². The molecule has 2 amide bonds. The Balaban J connectivity index is 1.58. The van der Waals surface area contributed by atoms with Crippen LogP contribution < -0.4 is 20.1 Å². The third kappa shape index (κ3) is 7.35. The Bertz CT molecular complexity index is 1290. The zero-order valence-electron chi connectivity index (χ0n) is 21.4. The molecule has 0 unspecified atom stereocenters. The van der Waals surface area contributed by atoms with Crippen LogP contribution in [0.15, 0.2) is 60.3 Å². The summed E-state index contributed by atoms with van der Waals surface area (Å²) in [5.41, 5.74) is 1.36. The molecule has 11 nitrogen and oxygen atoms in total. The Morgan fingerprint density at radius 3 is 2.39 bits per heavy atom. The van der Waals surface area contributed by atoms with Crippen LogP contribution >= 0.6 is 11.8 Å². The van der Waals surface area contributed by atoms with Crippen LogP contribution in [0.5, 0.6) is 11.5 Å². The lowest BCUT2D eigenvalue weighted by atomic mass is 10.2. The van der Waals surface area contributed by atoms with Gasteiger partial charge in [0, 0.05) is 17.8 Å². The van der Waals surface area contributed by atoms with E-state index in [0.717, 1.165) is 0 Å². The topological polar surface area (TPSA) is 134 Å². The predicted molar refractivity (Wildman–Crippen MR) is 143 cm³/mol. The van der Waals surface area contributed by atoms with E-state index in [0.29, 0.717) is 45.8 Å². The van der Waals surface area contributed by atoms with E-state index in [1.807, 2.05) is 0 Å². The number of carbonyl (C=O) groups is 3. The molecular formula is C26H29N5O6S. The van der Waals surface area contributed by atoms with Crippen molar-refractivity contribution in [1.29, 1.82) is 0 Å². The first kappa shape index (κ1) is 28.3. The molecule has 1 aromatic heterocycles. The number of allylic oxidation sites excluding steroid dienone is 1. The third-order valence-electron chi connectivity index (χ3n) is 5.17. The number of thioether (sulfide) groups is 1. The van der Waals surface area contributed by atoms with Gasteiger partial charge in [-0.15, -0.1) is 16.8 Å². The van der Waals surface area contributed by atoms with Gasteiger partial charge in [0.2, 0.25) is 5.91 Å². The van der Waals surface area contributed by atoms with Crippen molar-refractivity contribution >= 4 is 35.2 Å². The van der Waals surface area contributed by atoms with E-state index in [4.69, 9.17) is 14.2 Å². The molecule has 3 rings (SSSR count). The van der Waals surface area contributed by atoms with E-state index in [1.165, 1.54) is 26.0 Å². The monoisotopic (exact) mass is 539 g/mol. The first-order valence-electron chi connectivity index (χ1n) is 11.6. The number of hydrogen-bond donors (Lipinski definition) is 2. The van der Waals surface area contributed by atoms with Crippen LogP contribution in [-0.4, -0.2) is 59.1 Å². The lowest BCUT2D eigenvalue weighted by Crippen LogP contribution is -2.25. The number of aromatic nitrogens is 3. The summed E-state index contributed by atoms with van der Waals surface area (Å²) in [5, 5.41) is 14.5. The maximum absolute atomic E-state index is 12.7. The number of nitrogens with one attached hydrogen (secondary N) is 2. The van der Waals surface area contributed by atoms with Crippen molar-refractivity contribution in [2.24, 2.45) is 0 Å². The van der Waals surface area contributed by atoms with Crippen molar-refractivity contribution in [2.75, 3.05) is 31.9 Å². The Morgan fingerprint density at radius 1 is 1.03 bits per heavy atom. The number of rotatable bonds is 13. The summed E-state index contributed by atoms with van der Waals surface area (Å²) in [5.74, 6) is 0.565. The SMILES string of the molecule is C=CCn1c(CNC(=O)c2ccc(OC)c(OC)c2)nnc1SCC(=O)Nc1ccc(C(=O)OCC)cc1. The highest BCUT2D eigenvalue weighted by molar-refractivity contribution is 7.99. The molecule has 38 heavy (non-hydrogen) atoms. The molecule has 0 fully saturated rings. The Labute approximate surface area is 224 Å². The van der Waals surface area contributed by atoms with E-state index in [9.17, 15) is 14.4 Å². The minimum Gasteiger partial charge on any atom is -0.493 e. The number of nitrogens with zero attached hydrogens (tertiary/aromatic N) is 3. The van der Waals surface area contributed by atoms with Gasteiger partial charge in [0.15, 0.2) is 22.5 Å². The van der Waals surface area contributed by atoms with Gasteiger partial charge in [0.1, 0.15) is 0 Å². The van der Waals surface area contributed by atoms with Gasteiger partial charge in [0.25, 0.3) is 5.91 Å². The van der Waals surface area contributed by atoms with E-state index >= 15 is 0 Å². The molecule has 200 valence electrons. The lowest BCUT2D eigenvalue weighted by Gasteiger charge is -2.11. The second kappa shape index (κ2) is 13.8. The number of amides is 2. The largest absolute Gasteiger partial charge is 0.493 e. The van der Waals surface area contributed by atoms with Crippen LogP contribution in [0.3, 0.4) is 0 Å². The smallest absolute Gasteiger partial charge is 0.338 e. The molecule has 0 spiro atoms. The fourth-order valence-electron chi connectivity index (χ4n) is 3.34. The molecule has 0 aliphatic heterocycles. The number of esters is 1. The molecule has 0 aliphatic rings. The summed E-state index contributed by atoms with van der Waals surface area (Å²) < 4.78 is 17.2. The molecule has 1 heterocycles. The summed E-state index contributed by atoms with van der Waals surface area (Å²) in [7, 11) is 3.02. The number of benzene rings is 2. The molecule has 0 saturated carbocycles. The van der Waals surface area contributed by atoms with Crippen molar-refractivity contribution < 1.29 is 28.6 Å². The number of carbonyl (C=O) groups excluding carboxylic acids is 3. The number of methoxy groups -OCH3 is 2. The summed E-state index contributed by atoms with van der Waals surface area (Å²) >= 11 is 1.20. The van der Waals surface area contributed by atoms with Gasteiger partial charge in [-0.2, -0.15) is 0 Å². The Kier molecular flexibility index (Phi) is 10.3. The number of anilines is 1. The second-order valence-electron chi connectivity index (χ2n) is 7.69. The maximum Gasteiger partial charge on any atom is 0.338 e. The number of ether oxygens (including phenoxy) is 3. The van der Waals surface area contributed by atoms with Crippen LogP contribution in [0, 0.1) is 0 Å². The molecule has 0 aliphatic carbocycles. The van der Waals surface area contributed by atoms with Crippen molar-refractivity contribution in [3.05, 3.63) is 72.1 Å². The molecule has 3 aromatic rings. The van der Waals surface area contributed by atoms with Crippen molar-refractivity contribution in [1.82, 2.24) is 20.1 Å². The maximum atomic E-state index is 12.7. The summed E-state index contributed by atoms with van der Waals surface area (Å²) in [6, 6.07) is 11.3. The zero-order valence-corrected chi connectivity index (χ0v) is 22.2. The first-order chi connectivity index (χ1) is 18.4. The van der Waals surface area contributed by atoms with E-state index in [1.54, 1.807) is 60.0 Å². The number of hydrogen-bond acceptors (Lipinski definition) is 9. The minimum absolute atomic E-state index is 0.0763. The van der Waals surface area contributed by atoms with Crippen LogP contribution in [-0.2, 0) is 22.6 Å². The van der Waals surface area contributed by atoms with E-state index in [-0.39, 0.29) is 30.7 Å². The van der Waals surface area contributed by atoms with Gasteiger partial charge in [-0.25, -0.2) is 4.79 Å². The van der Waals surface area contributed by atoms with Crippen LogP contribution in [0.4, 0.5) is 5.69 Å². The van der Waals surface area contributed by atoms with Crippen molar-refractivity contribution in [2.45, 2.75) is 25.2 Å². The van der Waals surface area contributed by atoms with Gasteiger partial charge < -0.3 is 29.4 Å². The normalized spacial score (nSPS) is 10.4. The van der Waals surface area contributed by atoms with E-state index in [2.05, 4.69) is 27.4 Å².